The summed E-state index contributed by atoms with van der Waals surface area (Å²) < 4.78 is 13.7. The molecule has 0 bridgehead atoms. The van der Waals surface area contributed by atoms with Gasteiger partial charge >= 0.3 is 0 Å². The van der Waals surface area contributed by atoms with Crippen molar-refractivity contribution in [2.75, 3.05) is 17.2 Å². The summed E-state index contributed by atoms with van der Waals surface area (Å²) in [6.07, 6.45) is 1.60. The zero-order chi connectivity index (χ0) is 14.5. The zero-order valence-electron chi connectivity index (χ0n) is 10.6. The van der Waals surface area contributed by atoms with Crippen LogP contribution in [0.3, 0.4) is 0 Å². The number of aromatic nitrogens is 2. The molecule has 7 heteroatoms. The molecule has 0 atom stereocenters. The standard InChI is InChI=1S/C13H11BrFN5/c1-2-17-13-18-7-10(14)12(20-13)19-11-4-3-9(15)5-8(11)6-16/h3-5,7H,2H2,1H3,(H2,17,18,19,20). The number of hydrogen-bond donors (Lipinski definition) is 2. The van der Waals surface area contributed by atoms with Crippen LogP contribution >= 0.6 is 15.9 Å². The molecule has 0 unspecified atom stereocenters. The van der Waals surface area contributed by atoms with Gasteiger partial charge in [0, 0.05) is 12.7 Å². The number of nitrogens with zero attached hydrogens (tertiary/aromatic N) is 3. The first kappa shape index (κ1) is 14.2. The van der Waals surface area contributed by atoms with Crippen LogP contribution in [0.15, 0.2) is 28.9 Å². The topological polar surface area (TPSA) is 73.6 Å². The molecular weight excluding hydrogens is 325 g/mol. The monoisotopic (exact) mass is 335 g/mol. The van der Waals surface area contributed by atoms with Crippen molar-refractivity contribution >= 4 is 33.4 Å². The van der Waals surface area contributed by atoms with Crippen LogP contribution in [-0.4, -0.2) is 16.5 Å². The molecule has 2 rings (SSSR count). The van der Waals surface area contributed by atoms with Crippen molar-refractivity contribution in [3.63, 3.8) is 0 Å². The Kier molecular flexibility index (Phi) is 4.48. The molecule has 0 saturated heterocycles. The molecule has 2 N–H and O–H groups in total. The van der Waals surface area contributed by atoms with Crippen molar-refractivity contribution in [1.29, 1.82) is 5.26 Å². The minimum Gasteiger partial charge on any atom is -0.354 e. The number of nitriles is 1. The third-order valence-corrected chi connectivity index (χ3v) is 3.01. The van der Waals surface area contributed by atoms with E-state index in [0.29, 0.717) is 28.5 Å². The molecule has 0 saturated carbocycles. The lowest BCUT2D eigenvalue weighted by Gasteiger charge is -2.10. The van der Waals surface area contributed by atoms with Crippen LogP contribution in [-0.2, 0) is 0 Å². The van der Waals surface area contributed by atoms with Crippen LogP contribution in [0.5, 0.6) is 0 Å². The van der Waals surface area contributed by atoms with Gasteiger partial charge in [-0.1, -0.05) is 0 Å². The summed E-state index contributed by atoms with van der Waals surface area (Å²) in [5.74, 6) is 0.514. The molecule has 1 aromatic carbocycles. The third kappa shape index (κ3) is 3.22. The van der Waals surface area contributed by atoms with Crippen LogP contribution in [0, 0.1) is 17.1 Å². The Morgan fingerprint density at radius 3 is 2.95 bits per heavy atom. The number of halogens is 2. The molecule has 1 aromatic heterocycles. The molecule has 1 heterocycles. The SMILES string of the molecule is CCNc1ncc(Br)c(Nc2ccc(F)cc2C#N)n1. The van der Waals surface area contributed by atoms with Gasteiger partial charge in [0.25, 0.3) is 0 Å². The van der Waals surface area contributed by atoms with Gasteiger partial charge in [0.15, 0.2) is 0 Å². The molecule has 0 aliphatic rings. The first-order valence-corrected chi connectivity index (χ1v) is 6.66. The average molecular weight is 336 g/mol. The highest BCUT2D eigenvalue weighted by atomic mass is 79.9. The van der Waals surface area contributed by atoms with Gasteiger partial charge in [-0.2, -0.15) is 10.2 Å². The highest BCUT2D eigenvalue weighted by molar-refractivity contribution is 9.10. The molecular formula is C13H11BrFN5. The van der Waals surface area contributed by atoms with Crippen molar-refractivity contribution in [3.05, 3.63) is 40.2 Å². The largest absolute Gasteiger partial charge is 0.354 e. The summed E-state index contributed by atoms with van der Waals surface area (Å²) >= 11 is 3.33. The van der Waals surface area contributed by atoms with Gasteiger partial charge in [-0.25, -0.2) is 9.37 Å². The molecule has 0 spiro atoms. The van der Waals surface area contributed by atoms with E-state index in [1.807, 2.05) is 13.0 Å². The minimum absolute atomic E-state index is 0.209. The number of hydrogen-bond acceptors (Lipinski definition) is 5. The van der Waals surface area contributed by atoms with E-state index >= 15 is 0 Å². The van der Waals surface area contributed by atoms with Crippen LogP contribution in [0.1, 0.15) is 12.5 Å². The fraction of sp³-hybridized carbons (Fsp3) is 0.154. The van der Waals surface area contributed by atoms with Crippen molar-refractivity contribution in [2.24, 2.45) is 0 Å². The van der Waals surface area contributed by atoms with Crippen LogP contribution in [0.2, 0.25) is 0 Å². The minimum atomic E-state index is -0.456. The zero-order valence-corrected chi connectivity index (χ0v) is 12.2. The molecule has 0 aliphatic heterocycles. The summed E-state index contributed by atoms with van der Waals surface area (Å²) in [5.41, 5.74) is 0.691. The summed E-state index contributed by atoms with van der Waals surface area (Å²) in [6.45, 7) is 2.63. The van der Waals surface area contributed by atoms with Crippen molar-refractivity contribution < 1.29 is 4.39 Å². The Morgan fingerprint density at radius 1 is 1.45 bits per heavy atom. The Labute approximate surface area is 124 Å². The summed E-state index contributed by atoms with van der Waals surface area (Å²) in [4.78, 5) is 8.36. The smallest absolute Gasteiger partial charge is 0.224 e. The van der Waals surface area contributed by atoms with Crippen LogP contribution < -0.4 is 10.6 Å². The van der Waals surface area contributed by atoms with E-state index in [9.17, 15) is 4.39 Å². The first-order chi connectivity index (χ1) is 9.63. The maximum Gasteiger partial charge on any atom is 0.224 e. The van der Waals surface area contributed by atoms with Crippen molar-refractivity contribution in [1.82, 2.24) is 9.97 Å². The molecule has 0 fully saturated rings. The van der Waals surface area contributed by atoms with Crippen molar-refractivity contribution in [3.8, 4) is 6.07 Å². The second kappa shape index (κ2) is 6.30. The second-order valence-corrected chi connectivity index (χ2v) is 4.70. The normalized spacial score (nSPS) is 9.90. The number of nitrogens with one attached hydrogen (secondary N) is 2. The lowest BCUT2D eigenvalue weighted by molar-refractivity contribution is 0.627. The molecule has 5 nitrogen and oxygen atoms in total. The van der Waals surface area contributed by atoms with Crippen LogP contribution in [0.25, 0.3) is 0 Å². The summed E-state index contributed by atoms with van der Waals surface area (Å²) in [6, 6.07) is 5.88. The molecule has 102 valence electrons. The number of rotatable bonds is 4. The van der Waals surface area contributed by atoms with E-state index in [4.69, 9.17) is 5.26 Å². The van der Waals surface area contributed by atoms with E-state index in [2.05, 4.69) is 36.5 Å². The lowest BCUT2D eigenvalue weighted by Crippen LogP contribution is -2.05. The van der Waals surface area contributed by atoms with E-state index in [-0.39, 0.29) is 5.56 Å². The lowest BCUT2D eigenvalue weighted by atomic mass is 10.2. The van der Waals surface area contributed by atoms with E-state index in [1.165, 1.54) is 18.2 Å². The maximum absolute atomic E-state index is 13.1. The van der Waals surface area contributed by atoms with Gasteiger partial charge in [0.1, 0.15) is 17.7 Å². The van der Waals surface area contributed by atoms with Gasteiger partial charge in [0.2, 0.25) is 5.95 Å². The Balaban J connectivity index is 2.34. The molecule has 2 aromatic rings. The first-order valence-electron chi connectivity index (χ1n) is 5.87. The maximum atomic E-state index is 13.1. The molecule has 0 aliphatic carbocycles. The third-order valence-electron chi connectivity index (χ3n) is 2.43. The van der Waals surface area contributed by atoms with Gasteiger partial charge in [-0.3, -0.25) is 0 Å². The molecule has 0 amide bonds. The quantitative estimate of drug-likeness (QED) is 0.895. The fourth-order valence-electron chi connectivity index (χ4n) is 1.54. The van der Waals surface area contributed by atoms with Crippen LogP contribution in [0.4, 0.5) is 21.8 Å². The number of benzene rings is 1. The number of anilines is 3. The second-order valence-electron chi connectivity index (χ2n) is 3.85. The predicted molar refractivity (Wildman–Crippen MR) is 78.3 cm³/mol. The summed E-state index contributed by atoms with van der Waals surface area (Å²) in [5, 5.41) is 15.0. The van der Waals surface area contributed by atoms with E-state index in [1.54, 1.807) is 6.20 Å². The average Bonchev–Trinajstić information content (AvgIpc) is 2.44. The fourth-order valence-corrected chi connectivity index (χ4v) is 1.83. The van der Waals surface area contributed by atoms with E-state index in [0.717, 1.165) is 0 Å². The van der Waals surface area contributed by atoms with E-state index < -0.39 is 5.82 Å². The van der Waals surface area contributed by atoms with Gasteiger partial charge in [-0.05, 0) is 41.1 Å². The van der Waals surface area contributed by atoms with Gasteiger partial charge in [0.05, 0.1) is 15.7 Å². The Morgan fingerprint density at radius 2 is 2.25 bits per heavy atom. The molecule has 20 heavy (non-hydrogen) atoms. The Bertz CT molecular complexity index is 668. The predicted octanol–water partition coefficient (Wildman–Crippen LogP) is 3.43. The molecule has 0 radical (unpaired) electrons. The Hall–Kier alpha value is -2.20. The van der Waals surface area contributed by atoms with Crippen molar-refractivity contribution in [2.45, 2.75) is 6.92 Å². The highest BCUT2D eigenvalue weighted by Crippen LogP contribution is 2.26. The van der Waals surface area contributed by atoms with Gasteiger partial charge < -0.3 is 10.6 Å². The highest BCUT2D eigenvalue weighted by Gasteiger charge is 2.09. The van der Waals surface area contributed by atoms with Gasteiger partial charge in [-0.15, -0.1) is 0 Å². The summed E-state index contributed by atoms with van der Waals surface area (Å²) in [7, 11) is 0.